The number of hydrogen-bond donors (Lipinski definition) is 1. The van der Waals surface area contributed by atoms with Gasteiger partial charge in [-0.3, -0.25) is 19.3 Å². The molecule has 0 aromatic heterocycles. The lowest BCUT2D eigenvalue weighted by atomic mass is 10.2. The van der Waals surface area contributed by atoms with Crippen LogP contribution in [-0.4, -0.2) is 34.3 Å². The summed E-state index contributed by atoms with van der Waals surface area (Å²) in [6, 6.07) is 0. The number of carbonyl (C=O) groups excluding carboxylic acids is 2. The lowest BCUT2D eigenvalue weighted by Crippen LogP contribution is -2.36. The van der Waals surface area contributed by atoms with Crippen molar-refractivity contribution in [3.63, 3.8) is 0 Å². The van der Waals surface area contributed by atoms with Gasteiger partial charge in [-0.15, -0.1) is 0 Å². The first-order chi connectivity index (χ1) is 6.43. The zero-order valence-corrected chi connectivity index (χ0v) is 7.98. The van der Waals surface area contributed by atoms with E-state index in [9.17, 15) is 14.4 Å². The highest BCUT2D eigenvalue weighted by Crippen LogP contribution is 2.13. The summed E-state index contributed by atoms with van der Waals surface area (Å²) in [5, 5.41) is 8.61. The third kappa shape index (κ3) is 1.81. The van der Waals surface area contributed by atoms with Gasteiger partial charge < -0.3 is 5.11 Å². The van der Waals surface area contributed by atoms with E-state index in [4.69, 9.17) is 5.11 Å². The van der Waals surface area contributed by atoms with E-state index in [1.165, 1.54) is 19.9 Å². The van der Waals surface area contributed by atoms with Crippen LogP contribution in [0.25, 0.3) is 0 Å². The lowest BCUT2D eigenvalue weighted by molar-refractivity contribution is -0.144. The molecule has 0 saturated heterocycles. The van der Waals surface area contributed by atoms with Crippen molar-refractivity contribution in [1.29, 1.82) is 0 Å². The van der Waals surface area contributed by atoms with Crippen molar-refractivity contribution in [2.75, 3.05) is 6.54 Å². The molecule has 0 fully saturated rings. The molecule has 5 heteroatoms. The lowest BCUT2D eigenvalue weighted by Gasteiger charge is -2.16. The molecular formula is C9H11NO4. The number of nitrogens with zero attached hydrogens (tertiary/aromatic N) is 1. The molecule has 1 aliphatic heterocycles. The Balaban J connectivity index is 2.69. The average molecular weight is 197 g/mol. The molecule has 0 aromatic carbocycles. The number of carbonyl (C=O) groups is 3. The number of amides is 2. The van der Waals surface area contributed by atoms with Crippen LogP contribution < -0.4 is 0 Å². The molecular weight excluding hydrogens is 186 g/mol. The molecule has 0 spiro atoms. The Labute approximate surface area is 81.0 Å². The van der Waals surface area contributed by atoms with Crippen molar-refractivity contribution in [2.45, 2.75) is 13.8 Å². The van der Waals surface area contributed by atoms with E-state index in [1.54, 1.807) is 0 Å². The second-order valence-electron chi connectivity index (χ2n) is 3.32. The summed E-state index contributed by atoms with van der Waals surface area (Å²) in [4.78, 5) is 34.0. The summed E-state index contributed by atoms with van der Waals surface area (Å²) >= 11 is 0. The Morgan fingerprint density at radius 1 is 1.57 bits per heavy atom. The highest BCUT2D eigenvalue weighted by molar-refractivity contribution is 6.15. The Hall–Kier alpha value is -1.65. The zero-order chi connectivity index (χ0) is 10.9. The van der Waals surface area contributed by atoms with Gasteiger partial charge in [-0.1, -0.05) is 6.92 Å². The van der Waals surface area contributed by atoms with Crippen LogP contribution >= 0.6 is 0 Å². The normalized spacial score (nSPS) is 18.4. The van der Waals surface area contributed by atoms with Crippen molar-refractivity contribution in [3.05, 3.63) is 11.6 Å². The van der Waals surface area contributed by atoms with Crippen molar-refractivity contribution in [1.82, 2.24) is 4.90 Å². The number of carboxylic acid groups (broad SMARTS) is 1. The molecule has 1 atom stereocenters. The molecule has 76 valence electrons. The number of carboxylic acids is 1. The van der Waals surface area contributed by atoms with Gasteiger partial charge in [-0.25, -0.2) is 0 Å². The molecule has 0 bridgehead atoms. The first-order valence-corrected chi connectivity index (χ1v) is 4.20. The summed E-state index contributed by atoms with van der Waals surface area (Å²) in [5.41, 5.74) is 0.354. The Morgan fingerprint density at radius 2 is 2.14 bits per heavy atom. The van der Waals surface area contributed by atoms with E-state index in [-0.39, 0.29) is 6.54 Å². The maximum absolute atomic E-state index is 11.3. The first-order valence-electron chi connectivity index (χ1n) is 4.20. The minimum Gasteiger partial charge on any atom is -0.481 e. The van der Waals surface area contributed by atoms with E-state index >= 15 is 0 Å². The standard InChI is InChI=1S/C9H11NO4/c1-5-3-7(11)10(8(5)12)4-6(2)9(13)14/h3,6H,4H2,1-2H3,(H,13,14). The van der Waals surface area contributed by atoms with Gasteiger partial charge in [0.05, 0.1) is 5.92 Å². The van der Waals surface area contributed by atoms with Crippen molar-refractivity contribution in [3.8, 4) is 0 Å². The Bertz CT molecular complexity index is 332. The summed E-state index contributed by atoms with van der Waals surface area (Å²) < 4.78 is 0. The van der Waals surface area contributed by atoms with Gasteiger partial charge in [-0.05, 0) is 6.92 Å². The summed E-state index contributed by atoms with van der Waals surface area (Å²) in [7, 11) is 0. The van der Waals surface area contributed by atoms with E-state index in [1.807, 2.05) is 0 Å². The van der Waals surface area contributed by atoms with E-state index in [0.29, 0.717) is 5.57 Å². The fraction of sp³-hybridized carbons (Fsp3) is 0.444. The second-order valence-corrected chi connectivity index (χ2v) is 3.32. The zero-order valence-electron chi connectivity index (χ0n) is 7.98. The maximum Gasteiger partial charge on any atom is 0.308 e. The molecule has 1 rings (SSSR count). The van der Waals surface area contributed by atoms with Crippen molar-refractivity contribution in [2.24, 2.45) is 5.92 Å². The third-order valence-corrected chi connectivity index (χ3v) is 2.07. The van der Waals surface area contributed by atoms with Crippen molar-refractivity contribution >= 4 is 17.8 Å². The number of hydrogen-bond acceptors (Lipinski definition) is 3. The fourth-order valence-electron chi connectivity index (χ4n) is 1.16. The largest absolute Gasteiger partial charge is 0.481 e. The predicted molar refractivity (Wildman–Crippen MR) is 47.3 cm³/mol. The monoisotopic (exact) mass is 197 g/mol. The quantitative estimate of drug-likeness (QED) is 0.647. The van der Waals surface area contributed by atoms with Crippen LogP contribution in [0.2, 0.25) is 0 Å². The van der Waals surface area contributed by atoms with Gasteiger partial charge in [0.2, 0.25) is 0 Å². The van der Waals surface area contributed by atoms with Gasteiger partial charge in [0.15, 0.2) is 0 Å². The topological polar surface area (TPSA) is 74.7 Å². The van der Waals surface area contributed by atoms with Gasteiger partial charge in [0, 0.05) is 18.2 Å². The first kappa shape index (κ1) is 10.4. The van der Waals surface area contributed by atoms with Crippen LogP contribution in [0.4, 0.5) is 0 Å². The average Bonchev–Trinajstić information content (AvgIpc) is 2.32. The molecule has 0 radical (unpaired) electrons. The molecule has 1 aliphatic rings. The molecule has 5 nitrogen and oxygen atoms in total. The van der Waals surface area contributed by atoms with Crippen LogP contribution in [0.15, 0.2) is 11.6 Å². The smallest absolute Gasteiger partial charge is 0.308 e. The van der Waals surface area contributed by atoms with Gasteiger partial charge in [0.1, 0.15) is 0 Å². The highest BCUT2D eigenvalue weighted by Gasteiger charge is 2.30. The summed E-state index contributed by atoms with van der Waals surface area (Å²) in [6.07, 6.45) is 1.22. The minimum atomic E-state index is -1.02. The van der Waals surface area contributed by atoms with E-state index in [2.05, 4.69) is 0 Å². The highest BCUT2D eigenvalue weighted by atomic mass is 16.4. The third-order valence-electron chi connectivity index (χ3n) is 2.07. The van der Waals surface area contributed by atoms with Gasteiger partial charge in [-0.2, -0.15) is 0 Å². The molecule has 2 amide bonds. The van der Waals surface area contributed by atoms with E-state index < -0.39 is 23.7 Å². The molecule has 0 saturated carbocycles. The van der Waals surface area contributed by atoms with Gasteiger partial charge in [0.25, 0.3) is 11.8 Å². The Morgan fingerprint density at radius 3 is 2.50 bits per heavy atom. The SMILES string of the molecule is CC1=CC(=O)N(CC(C)C(=O)O)C1=O. The summed E-state index contributed by atoms with van der Waals surface area (Å²) in [5.74, 6) is -2.58. The number of rotatable bonds is 3. The minimum absolute atomic E-state index is 0.0686. The predicted octanol–water partition coefficient (Wildman–Crippen LogP) is 0.0222. The molecule has 0 aliphatic carbocycles. The van der Waals surface area contributed by atoms with Crippen LogP contribution in [0, 0.1) is 5.92 Å². The molecule has 1 heterocycles. The molecule has 1 unspecified atom stereocenters. The van der Waals surface area contributed by atoms with Gasteiger partial charge >= 0.3 is 5.97 Å². The fourth-order valence-corrected chi connectivity index (χ4v) is 1.16. The van der Waals surface area contributed by atoms with Crippen LogP contribution in [0.3, 0.4) is 0 Å². The summed E-state index contributed by atoms with van der Waals surface area (Å²) in [6.45, 7) is 2.92. The molecule has 1 N–H and O–H groups in total. The van der Waals surface area contributed by atoms with Crippen LogP contribution in [0.5, 0.6) is 0 Å². The number of aliphatic carboxylic acids is 1. The van der Waals surface area contributed by atoms with Crippen LogP contribution in [0.1, 0.15) is 13.8 Å². The van der Waals surface area contributed by atoms with Crippen LogP contribution in [-0.2, 0) is 14.4 Å². The second kappa shape index (κ2) is 3.61. The Kier molecular flexibility index (Phi) is 2.69. The van der Waals surface area contributed by atoms with Crippen molar-refractivity contribution < 1.29 is 19.5 Å². The number of imide groups is 1. The maximum atomic E-state index is 11.3. The van der Waals surface area contributed by atoms with E-state index in [0.717, 1.165) is 4.90 Å². The molecule has 14 heavy (non-hydrogen) atoms. The molecule has 0 aromatic rings.